The van der Waals surface area contributed by atoms with Gasteiger partial charge < -0.3 is 15.3 Å². The number of nitrogens with zero attached hydrogens (tertiary/aromatic N) is 3. The van der Waals surface area contributed by atoms with Crippen LogP contribution in [0.15, 0.2) is 29.2 Å². The normalized spacial score (nSPS) is 17.0. The molecule has 174 valence electrons. The van der Waals surface area contributed by atoms with Crippen LogP contribution in [-0.4, -0.2) is 46.8 Å². The lowest BCUT2D eigenvalue weighted by Gasteiger charge is -2.23. The van der Waals surface area contributed by atoms with Gasteiger partial charge >= 0.3 is 5.97 Å². The van der Waals surface area contributed by atoms with Crippen LogP contribution < -0.4 is 15.6 Å². The number of carbonyl (C=O) groups is 1. The fourth-order valence-corrected chi connectivity index (χ4v) is 4.33. The van der Waals surface area contributed by atoms with E-state index in [1.165, 1.54) is 6.92 Å². The van der Waals surface area contributed by atoms with Crippen molar-refractivity contribution in [1.82, 2.24) is 14.9 Å². The molecule has 0 bridgehead atoms. The third-order valence-corrected chi connectivity index (χ3v) is 6.38. The summed E-state index contributed by atoms with van der Waals surface area (Å²) in [7, 11) is 1.85. The molecule has 7 nitrogen and oxygen atoms in total. The second-order valence-corrected chi connectivity index (χ2v) is 8.29. The number of rotatable bonds is 5. The first-order valence-electron chi connectivity index (χ1n) is 10.5. The molecule has 3 aromatic rings. The summed E-state index contributed by atoms with van der Waals surface area (Å²) < 4.78 is 44.6. The van der Waals surface area contributed by atoms with Gasteiger partial charge in [-0.3, -0.25) is 9.36 Å². The van der Waals surface area contributed by atoms with Crippen LogP contribution in [0.3, 0.4) is 0 Å². The van der Waals surface area contributed by atoms with Gasteiger partial charge in [0.25, 0.3) is 0 Å². The van der Waals surface area contributed by atoms with Crippen LogP contribution in [0.2, 0.25) is 0 Å². The van der Waals surface area contributed by atoms with Crippen molar-refractivity contribution < 1.29 is 23.1 Å². The number of hydrogen-bond donors (Lipinski definition) is 2. The third-order valence-electron chi connectivity index (χ3n) is 6.38. The van der Waals surface area contributed by atoms with Gasteiger partial charge in [0.05, 0.1) is 11.1 Å². The molecule has 33 heavy (non-hydrogen) atoms. The monoisotopic (exact) mass is 460 g/mol. The lowest BCUT2D eigenvalue weighted by atomic mass is 10.0. The number of benzene rings is 1. The first-order chi connectivity index (χ1) is 15.6. The number of pyridine rings is 2. The Morgan fingerprint density at radius 1 is 1.30 bits per heavy atom. The SMILES string of the molecule is CN[C@@H](C)C1CCN(c2nc3c(c(C)c2F)c(=O)c(C(=O)O)cn3-c2ccc(F)cc2F)C1. The van der Waals surface area contributed by atoms with Crippen LogP contribution in [-0.2, 0) is 0 Å². The quantitative estimate of drug-likeness (QED) is 0.608. The first kappa shape index (κ1) is 22.8. The van der Waals surface area contributed by atoms with Gasteiger partial charge in [0.2, 0.25) is 5.43 Å². The fourth-order valence-electron chi connectivity index (χ4n) is 4.33. The summed E-state index contributed by atoms with van der Waals surface area (Å²) in [5.74, 6) is -3.83. The largest absolute Gasteiger partial charge is 0.477 e. The molecular weight excluding hydrogens is 437 g/mol. The molecule has 0 radical (unpaired) electrons. The number of halogens is 3. The minimum Gasteiger partial charge on any atom is -0.477 e. The molecule has 2 aromatic heterocycles. The van der Waals surface area contributed by atoms with E-state index in [4.69, 9.17) is 0 Å². The second-order valence-electron chi connectivity index (χ2n) is 8.29. The van der Waals surface area contributed by atoms with Crippen molar-refractivity contribution in [2.45, 2.75) is 26.3 Å². The standard InChI is InChI=1S/C23H23F3N4O3/c1-11-18-20(31)15(23(32)33)10-30(17-5-4-14(24)8-16(17)25)21(18)28-22(19(11)26)29-7-6-13(9-29)12(2)27-3/h4-5,8,10,12-13,27H,6-7,9H2,1-3H3,(H,32,33)/t12-,13?/m0/s1. The Hall–Kier alpha value is -3.40. The Morgan fingerprint density at radius 2 is 2.03 bits per heavy atom. The Kier molecular flexibility index (Phi) is 5.87. The van der Waals surface area contributed by atoms with Crippen molar-refractivity contribution in [1.29, 1.82) is 0 Å². The molecule has 2 N–H and O–H groups in total. The summed E-state index contributed by atoms with van der Waals surface area (Å²) in [5.41, 5.74) is -1.99. The molecular formula is C23H23F3N4O3. The Bertz CT molecular complexity index is 1320. The number of fused-ring (bicyclic) bond motifs is 1. The number of aromatic nitrogens is 2. The molecule has 1 aliphatic rings. The number of nitrogens with one attached hydrogen (secondary N) is 1. The second kappa shape index (κ2) is 8.51. The van der Waals surface area contributed by atoms with Crippen molar-refractivity contribution in [3.63, 3.8) is 0 Å². The minimum atomic E-state index is -1.55. The van der Waals surface area contributed by atoms with Gasteiger partial charge in [0.1, 0.15) is 17.2 Å². The van der Waals surface area contributed by atoms with Crippen molar-refractivity contribution in [3.05, 3.63) is 63.2 Å². The fraction of sp³-hybridized carbons (Fsp3) is 0.348. The Labute approximate surface area is 187 Å². The van der Waals surface area contributed by atoms with Gasteiger partial charge in [-0.2, -0.15) is 0 Å². The maximum atomic E-state index is 15.4. The van der Waals surface area contributed by atoms with Crippen LogP contribution in [0.4, 0.5) is 19.0 Å². The summed E-state index contributed by atoms with van der Waals surface area (Å²) in [6.45, 7) is 4.46. The first-order valence-corrected chi connectivity index (χ1v) is 10.5. The van der Waals surface area contributed by atoms with E-state index in [0.717, 1.165) is 29.3 Å². The molecule has 0 amide bonds. The van der Waals surface area contributed by atoms with E-state index < -0.39 is 34.4 Å². The molecule has 3 heterocycles. The highest BCUT2D eigenvalue weighted by atomic mass is 19.1. The van der Waals surface area contributed by atoms with E-state index in [2.05, 4.69) is 10.3 Å². The van der Waals surface area contributed by atoms with Gasteiger partial charge in [0.15, 0.2) is 17.3 Å². The number of aromatic carboxylic acids is 1. The summed E-state index contributed by atoms with van der Waals surface area (Å²) in [5, 5.41) is 12.4. The predicted octanol–water partition coefficient (Wildman–Crippen LogP) is 3.24. The maximum absolute atomic E-state index is 15.4. The van der Waals surface area contributed by atoms with Crippen molar-refractivity contribution in [3.8, 4) is 5.69 Å². The van der Waals surface area contributed by atoms with Crippen LogP contribution >= 0.6 is 0 Å². The number of aryl methyl sites for hydroxylation is 1. The summed E-state index contributed by atoms with van der Waals surface area (Å²) >= 11 is 0. The summed E-state index contributed by atoms with van der Waals surface area (Å²) in [6, 6.07) is 2.95. The zero-order valence-electron chi connectivity index (χ0n) is 18.3. The molecule has 1 aliphatic heterocycles. The topological polar surface area (TPSA) is 87.5 Å². The zero-order chi connectivity index (χ0) is 24.0. The van der Waals surface area contributed by atoms with Crippen LogP contribution in [0.5, 0.6) is 0 Å². The molecule has 1 saturated heterocycles. The van der Waals surface area contributed by atoms with Crippen LogP contribution in [0.25, 0.3) is 16.7 Å². The van der Waals surface area contributed by atoms with Gasteiger partial charge in [-0.05, 0) is 45.4 Å². The summed E-state index contributed by atoms with van der Waals surface area (Å²) in [4.78, 5) is 30.7. The number of carboxylic acid groups (broad SMARTS) is 1. The lowest BCUT2D eigenvalue weighted by Crippen LogP contribution is -2.33. The predicted molar refractivity (Wildman–Crippen MR) is 118 cm³/mol. The Morgan fingerprint density at radius 3 is 2.67 bits per heavy atom. The molecule has 0 saturated carbocycles. The van der Waals surface area contributed by atoms with Crippen molar-refractivity contribution in [2.75, 3.05) is 25.0 Å². The van der Waals surface area contributed by atoms with Crippen molar-refractivity contribution >= 4 is 22.8 Å². The Balaban J connectivity index is 2.00. The van der Waals surface area contributed by atoms with Crippen LogP contribution in [0, 0.1) is 30.3 Å². The van der Waals surface area contributed by atoms with E-state index in [1.54, 1.807) is 4.90 Å². The van der Waals surface area contributed by atoms with Gasteiger partial charge in [-0.1, -0.05) is 0 Å². The van der Waals surface area contributed by atoms with E-state index >= 15 is 4.39 Å². The minimum absolute atomic E-state index is 0.00421. The van der Waals surface area contributed by atoms with Crippen LogP contribution in [0.1, 0.15) is 29.3 Å². The molecule has 1 fully saturated rings. The van der Waals surface area contributed by atoms with E-state index in [-0.39, 0.29) is 40.1 Å². The molecule has 2 atom stereocenters. The van der Waals surface area contributed by atoms with E-state index in [0.29, 0.717) is 19.2 Å². The molecule has 1 aromatic carbocycles. The molecule has 10 heteroatoms. The highest BCUT2D eigenvalue weighted by molar-refractivity contribution is 5.93. The summed E-state index contributed by atoms with van der Waals surface area (Å²) in [6.07, 6.45) is 1.74. The molecule has 1 unspecified atom stereocenters. The average Bonchev–Trinajstić information content (AvgIpc) is 3.26. The third kappa shape index (κ3) is 3.84. The molecule has 4 rings (SSSR count). The zero-order valence-corrected chi connectivity index (χ0v) is 18.3. The highest BCUT2D eigenvalue weighted by Crippen LogP contribution is 2.31. The lowest BCUT2D eigenvalue weighted by molar-refractivity contribution is 0.0695. The van der Waals surface area contributed by atoms with Gasteiger partial charge in [0, 0.05) is 37.0 Å². The van der Waals surface area contributed by atoms with E-state index in [1.807, 2.05) is 14.0 Å². The number of hydrogen-bond acceptors (Lipinski definition) is 5. The van der Waals surface area contributed by atoms with Gasteiger partial charge in [-0.25, -0.2) is 22.9 Å². The molecule has 0 aliphatic carbocycles. The average molecular weight is 460 g/mol. The van der Waals surface area contributed by atoms with E-state index in [9.17, 15) is 23.5 Å². The number of anilines is 1. The smallest absolute Gasteiger partial charge is 0.341 e. The maximum Gasteiger partial charge on any atom is 0.341 e. The van der Waals surface area contributed by atoms with Crippen molar-refractivity contribution in [2.24, 2.45) is 5.92 Å². The highest BCUT2D eigenvalue weighted by Gasteiger charge is 2.31. The number of carboxylic acids is 1. The molecule has 0 spiro atoms. The van der Waals surface area contributed by atoms with Gasteiger partial charge in [-0.15, -0.1) is 0 Å².